The molecule has 3 aromatic carbocycles. The molecule has 4 rings (SSSR count). The van der Waals surface area contributed by atoms with Crippen molar-refractivity contribution < 1.29 is 19.1 Å². The lowest BCUT2D eigenvalue weighted by Crippen LogP contribution is -2.45. The molecular formula is C28H30N2O4. The molecule has 0 spiro atoms. The maximum atomic E-state index is 12.9. The maximum Gasteiger partial charge on any atom is 0.267 e. The van der Waals surface area contributed by atoms with Gasteiger partial charge in [-0.15, -0.1) is 0 Å². The van der Waals surface area contributed by atoms with Crippen molar-refractivity contribution in [1.29, 1.82) is 0 Å². The number of fused-ring (bicyclic) bond motifs is 1. The molecule has 0 radical (unpaired) electrons. The Kier molecular flexibility index (Phi) is 7.81. The van der Waals surface area contributed by atoms with Gasteiger partial charge in [0.2, 0.25) is 5.91 Å². The van der Waals surface area contributed by atoms with Crippen molar-refractivity contribution in [3.8, 4) is 11.5 Å². The van der Waals surface area contributed by atoms with Crippen LogP contribution >= 0.6 is 0 Å². The summed E-state index contributed by atoms with van der Waals surface area (Å²) in [5.74, 6) is 1.29. The zero-order valence-corrected chi connectivity index (χ0v) is 19.4. The van der Waals surface area contributed by atoms with E-state index in [9.17, 15) is 9.59 Å². The lowest BCUT2D eigenvalue weighted by atomic mass is 10.1. The number of carbonyl (C=O) groups excluding carboxylic acids is 2. The molecule has 0 saturated heterocycles. The van der Waals surface area contributed by atoms with Gasteiger partial charge >= 0.3 is 0 Å². The van der Waals surface area contributed by atoms with Gasteiger partial charge in [0.05, 0.1) is 12.3 Å². The Bertz CT molecular complexity index is 1100. The van der Waals surface area contributed by atoms with Gasteiger partial charge in [0, 0.05) is 18.7 Å². The van der Waals surface area contributed by atoms with Crippen LogP contribution in [0.3, 0.4) is 0 Å². The lowest BCUT2D eigenvalue weighted by Gasteiger charge is -2.33. The number of amides is 2. The molecule has 6 nitrogen and oxygen atoms in total. The van der Waals surface area contributed by atoms with E-state index in [0.29, 0.717) is 43.1 Å². The average molecular weight is 459 g/mol. The summed E-state index contributed by atoms with van der Waals surface area (Å²) >= 11 is 0. The number of ether oxygens (including phenoxy) is 2. The van der Waals surface area contributed by atoms with Crippen LogP contribution in [0.15, 0.2) is 78.9 Å². The topological polar surface area (TPSA) is 67.9 Å². The fourth-order valence-electron chi connectivity index (χ4n) is 3.96. The second kappa shape index (κ2) is 11.4. The van der Waals surface area contributed by atoms with Crippen LogP contribution in [0, 0.1) is 0 Å². The number of anilines is 2. The molecule has 1 aliphatic heterocycles. The Balaban J connectivity index is 1.33. The second-order valence-corrected chi connectivity index (χ2v) is 8.33. The highest BCUT2D eigenvalue weighted by Gasteiger charge is 2.31. The lowest BCUT2D eigenvalue weighted by molar-refractivity contribution is -0.125. The van der Waals surface area contributed by atoms with Crippen molar-refractivity contribution in [2.45, 2.75) is 38.7 Å². The van der Waals surface area contributed by atoms with Gasteiger partial charge in [-0.2, -0.15) is 0 Å². The van der Waals surface area contributed by atoms with Crippen LogP contribution in [-0.2, 0) is 16.0 Å². The zero-order chi connectivity index (χ0) is 23.8. The number of hydrogen-bond acceptors (Lipinski definition) is 4. The number of nitrogens with zero attached hydrogens (tertiary/aromatic N) is 1. The first-order valence-electron chi connectivity index (χ1n) is 11.7. The number of benzene rings is 3. The van der Waals surface area contributed by atoms with E-state index in [0.717, 1.165) is 18.6 Å². The van der Waals surface area contributed by atoms with Crippen LogP contribution in [0.1, 0.15) is 31.7 Å². The molecular weight excluding hydrogens is 428 g/mol. The minimum absolute atomic E-state index is 0.0675. The van der Waals surface area contributed by atoms with E-state index in [2.05, 4.69) is 17.4 Å². The zero-order valence-electron chi connectivity index (χ0n) is 19.4. The summed E-state index contributed by atoms with van der Waals surface area (Å²) in [6.45, 7) is 2.82. The molecule has 0 saturated carbocycles. The molecule has 1 atom stereocenters. The van der Waals surface area contributed by atoms with Gasteiger partial charge in [0.25, 0.3) is 5.91 Å². The summed E-state index contributed by atoms with van der Waals surface area (Å²) in [6.07, 6.45) is 2.14. The van der Waals surface area contributed by atoms with Crippen LogP contribution < -0.4 is 19.7 Å². The number of aryl methyl sites for hydroxylation is 1. The molecule has 2 amide bonds. The molecule has 3 aromatic rings. The Hall–Kier alpha value is -3.80. The molecule has 0 bridgehead atoms. The first-order valence-corrected chi connectivity index (χ1v) is 11.7. The van der Waals surface area contributed by atoms with Crippen LogP contribution in [-0.4, -0.2) is 31.1 Å². The normalized spacial score (nSPS) is 14.8. The fraction of sp³-hybridized carbons (Fsp3) is 0.286. The predicted octanol–water partition coefficient (Wildman–Crippen LogP) is 5.23. The molecule has 34 heavy (non-hydrogen) atoms. The second-order valence-electron chi connectivity index (χ2n) is 8.33. The predicted molar refractivity (Wildman–Crippen MR) is 133 cm³/mol. The van der Waals surface area contributed by atoms with Gasteiger partial charge < -0.3 is 19.7 Å². The number of carbonyl (C=O) groups is 2. The third-order valence-corrected chi connectivity index (χ3v) is 5.70. The van der Waals surface area contributed by atoms with Crippen molar-refractivity contribution >= 4 is 23.2 Å². The average Bonchev–Trinajstić information content (AvgIpc) is 2.86. The van der Waals surface area contributed by atoms with Gasteiger partial charge in [0.1, 0.15) is 11.5 Å². The molecule has 6 heteroatoms. The summed E-state index contributed by atoms with van der Waals surface area (Å²) in [6, 6.07) is 25.2. The highest BCUT2D eigenvalue weighted by atomic mass is 16.5. The maximum absolute atomic E-state index is 12.9. The van der Waals surface area contributed by atoms with Crippen molar-refractivity contribution in [2.24, 2.45) is 0 Å². The largest absolute Gasteiger partial charge is 0.494 e. The number of nitrogens with one attached hydrogen (secondary N) is 1. The van der Waals surface area contributed by atoms with Gasteiger partial charge in [-0.3, -0.25) is 9.59 Å². The Morgan fingerprint density at radius 1 is 1.00 bits per heavy atom. The summed E-state index contributed by atoms with van der Waals surface area (Å²) in [5, 5.41) is 2.93. The third-order valence-electron chi connectivity index (χ3n) is 5.70. The van der Waals surface area contributed by atoms with Crippen molar-refractivity contribution in [1.82, 2.24) is 0 Å². The highest BCUT2D eigenvalue weighted by Crippen LogP contribution is 2.36. The molecule has 1 aliphatic rings. The van der Waals surface area contributed by atoms with E-state index in [4.69, 9.17) is 9.47 Å². The van der Waals surface area contributed by atoms with Crippen LogP contribution in [0.5, 0.6) is 11.5 Å². The minimum atomic E-state index is -0.533. The summed E-state index contributed by atoms with van der Waals surface area (Å²) < 4.78 is 11.4. The third kappa shape index (κ3) is 6.16. The molecule has 0 aromatic heterocycles. The van der Waals surface area contributed by atoms with Gasteiger partial charge in [-0.05, 0) is 62.1 Å². The minimum Gasteiger partial charge on any atom is -0.494 e. The van der Waals surface area contributed by atoms with E-state index >= 15 is 0 Å². The molecule has 1 heterocycles. The van der Waals surface area contributed by atoms with Crippen LogP contribution in [0.4, 0.5) is 11.4 Å². The van der Waals surface area contributed by atoms with E-state index in [1.807, 2.05) is 66.7 Å². The van der Waals surface area contributed by atoms with E-state index in [1.54, 1.807) is 11.8 Å². The van der Waals surface area contributed by atoms with Crippen molar-refractivity contribution in [3.05, 3.63) is 84.4 Å². The molecule has 176 valence electrons. The van der Waals surface area contributed by atoms with Gasteiger partial charge in [-0.25, -0.2) is 0 Å². The van der Waals surface area contributed by atoms with Crippen molar-refractivity contribution in [3.63, 3.8) is 0 Å². The standard InChI is InChI=1S/C28H30N2O4/c1-21-28(32)30(18-8-12-22-10-4-2-5-11-22)25-20-23(16-17-26(25)34-21)29-27(31)15-9-19-33-24-13-6-3-7-14-24/h2-7,10-11,13-14,16-17,20-21H,8-9,12,15,18-19H2,1H3,(H,29,31). The molecule has 1 unspecified atom stereocenters. The first kappa shape index (κ1) is 23.4. The fourth-order valence-corrected chi connectivity index (χ4v) is 3.96. The molecule has 0 aliphatic carbocycles. The number of hydrogen-bond donors (Lipinski definition) is 1. The van der Waals surface area contributed by atoms with E-state index < -0.39 is 6.10 Å². The van der Waals surface area contributed by atoms with Crippen LogP contribution in [0.25, 0.3) is 0 Å². The van der Waals surface area contributed by atoms with Gasteiger partial charge in [0.15, 0.2) is 6.10 Å². The summed E-state index contributed by atoms with van der Waals surface area (Å²) in [5.41, 5.74) is 2.59. The Morgan fingerprint density at radius 2 is 1.74 bits per heavy atom. The Labute approximate surface area is 200 Å². The monoisotopic (exact) mass is 458 g/mol. The quantitative estimate of drug-likeness (QED) is 0.423. The van der Waals surface area contributed by atoms with Gasteiger partial charge in [-0.1, -0.05) is 48.5 Å². The number of rotatable bonds is 10. The Morgan fingerprint density at radius 3 is 2.50 bits per heavy atom. The first-order chi connectivity index (χ1) is 16.6. The molecule has 1 N–H and O–H groups in total. The van der Waals surface area contributed by atoms with E-state index in [1.165, 1.54) is 5.56 Å². The van der Waals surface area contributed by atoms with Crippen molar-refractivity contribution in [2.75, 3.05) is 23.4 Å². The molecule has 0 fully saturated rings. The SMILES string of the molecule is CC1Oc2ccc(NC(=O)CCCOc3ccccc3)cc2N(CCCc2ccccc2)C1=O. The van der Waals surface area contributed by atoms with E-state index in [-0.39, 0.29) is 11.8 Å². The summed E-state index contributed by atoms with van der Waals surface area (Å²) in [7, 11) is 0. The summed E-state index contributed by atoms with van der Waals surface area (Å²) in [4.78, 5) is 27.1. The smallest absolute Gasteiger partial charge is 0.267 e. The van der Waals surface area contributed by atoms with Crippen LogP contribution in [0.2, 0.25) is 0 Å². The highest BCUT2D eigenvalue weighted by molar-refractivity contribution is 6.01. The number of para-hydroxylation sites is 1.